The van der Waals surface area contributed by atoms with E-state index < -0.39 is 5.97 Å². The smallest absolute Gasteiger partial charge is 0.339 e. The second-order valence-corrected chi connectivity index (χ2v) is 9.02. The third-order valence-corrected chi connectivity index (χ3v) is 6.78. The van der Waals surface area contributed by atoms with E-state index in [1.807, 2.05) is 6.07 Å². The lowest BCUT2D eigenvalue weighted by atomic mass is 10.1. The van der Waals surface area contributed by atoms with Gasteiger partial charge in [-0.05, 0) is 30.3 Å². The van der Waals surface area contributed by atoms with Crippen LogP contribution in [0, 0.1) is 0 Å². The zero-order valence-electron chi connectivity index (χ0n) is 17.9. The van der Waals surface area contributed by atoms with Crippen LogP contribution in [0.15, 0.2) is 64.7 Å². The number of nitrogens with one attached hydrogen (secondary N) is 1. The Kier molecular flexibility index (Phi) is 5.84. The van der Waals surface area contributed by atoms with Crippen molar-refractivity contribution >= 4 is 52.0 Å². The number of rotatable bonds is 5. The number of fused-ring (bicyclic) bond motifs is 2. The van der Waals surface area contributed by atoms with E-state index in [-0.39, 0.29) is 29.5 Å². The zero-order chi connectivity index (χ0) is 23.8. The molecule has 5 rings (SSSR count). The molecule has 1 atom stereocenters. The molecule has 0 radical (unpaired) electrons. The number of para-hydroxylation sites is 1. The Balaban J connectivity index is 1.43. The summed E-state index contributed by atoms with van der Waals surface area (Å²) in [6, 6.07) is 13.3. The highest BCUT2D eigenvalue weighted by Crippen LogP contribution is 2.34. The van der Waals surface area contributed by atoms with Gasteiger partial charge in [0.25, 0.3) is 5.56 Å². The number of nitrogens with zero attached hydrogens (tertiary/aromatic N) is 4. The molecule has 11 heteroatoms. The molecule has 0 fully saturated rings. The molecule has 3 heterocycles. The summed E-state index contributed by atoms with van der Waals surface area (Å²) in [7, 11) is 1.28. The first-order chi connectivity index (χ1) is 16.5. The Bertz CT molecular complexity index is 1500. The number of methoxy groups -OCH3 is 1. The number of anilines is 1. The van der Waals surface area contributed by atoms with Crippen LogP contribution in [0.1, 0.15) is 22.8 Å². The van der Waals surface area contributed by atoms with Crippen molar-refractivity contribution < 1.29 is 14.3 Å². The van der Waals surface area contributed by atoms with E-state index in [4.69, 9.17) is 16.3 Å². The Morgan fingerprint density at radius 2 is 2.06 bits per heavy atom. The van der Waals surface area contributed by atoms with Gasteiger partial charge in [-0.2, -0.15) is 5.10 Å². The van der Waals surface area contributed by atoms with Gasteiger partial charge in [-0.1, -0.05) is 41.6 Å². The Morgan fingerprint density at radius 3 is 2.85 bits per heavy atom. The van der Waals surface area contributed by atoms with Gasteiger partial charge in [-0.15, -0.1) is 0 Å². The fraction of sp³-hybridized carbons (Fsp3) is 0.174. The first kappa shape index (κ1) is 22.2. The maximum Gasteiger partial charge on any atom is 0.339 e. The number of thioether (sulfide) groups is 1. The summed E-state index contributed by atoms with van der Waals surface area (Å²) in [6.45, 7) is 0. The van der Waals surface area contributed by atoms with Gasteiger partial charge < -0.3 is 10.1 Å². The molecule has 0 saturated heterocycles. The second-order valence-electron chi connectivity index (χ2n) is 7.60. The van der Waals surface area contributed by atoms with E-state index in [1.54, 1.807) is 51.7 Å². The molecule has 1 N–H and O–H groups in total. The fourth-order valence-corrected chi connectivity index (χ4v) is 5.19. The molecular weight excluding hydrogens is 478 g/mol. The standard InChI is InChI=1S/C23H18ClN5O4S/c1-33-22(32)16-7-2-3-8-18(16)26-19(30)10-15-12-34-23-27-20-17(21(31)28(15)23)11-25-29(20)14-6-4-5-13(24)9-14/h2-9,11,15H,10,12H2,1H3,(H,26,30). The van der Waals surface area contributed by atoms with Crippen LogP contribution >= 0.6 is 23.4 Å². The van der Waals surface area contributed by atoms with Crippen LogP contribution < -0.4 is 10.9 Å². The number of ether oxygens (including phenoxy) is 1. The van der Waals surface area contributed by atoms with Crippen molar-refractivity contribution in [3.05, 3.63) is 75.7 Å². The summed E-state index contributed by atoms with van der Waals surface area (Å²) >= 11 is 7.51. The van der Waals surface area contributed by atoms with Crippen LogP contribution in [-0.2, 0) is 9.53 Å². The van der Waals surface area contributed by atoms with Gasteiger partial charge in [0, 0.05) is 17.2 Å². The summed E-state index contributed by atoms with van der Waals surface area (Å²) in [5.74, 6) is -0.348. The lowest BCUT2D eigenvalue weighted by Gasteiger charge is -2.14. The molecule has 0 aliphatic carbocycles. The van der Waals surface area contributed by atoms with E-state index in [9.17, 15) is 14.4 Å². The molecule has 34 heavy (non-hydrogen) atoms. The topological polar surface area (TPSA) is 108 Å². The minimum Gasteiger partial charge on any atom is -0.465 e. The number of esters is 1. The van der Waals surface area contributed by atoms with Gasteiger partial charge >= 0.3 is 5.97 Å². The van der Waals surface area contributed by atoms with Gasteiger partial charge in [0.1, 0.15) is 5.39 Å². The SMILES string of the molecule is COC(=O)c1ccccc1NC(=O)CC1CSc2nc3c(cnn3-c3cccc(Cl)c3)c(=O)n21. The molecule has 1 aliphatic heterocycles. The maximum absolute atomic E-state index is 13.3. The van der Waals surface area contributed by atoms with Crippen LogP contribution in [0.3, 0.4) is 0 Å². The lowest BCUT2D eigenvalue weighted by molar-refractivity contribution is -0.116. The minimum absolute atomic E-state index is 0.0467. The van der Waals surface area contributed by atoms with Crippen LogP contribution in [-0.4, -0.2) is 44.1 Å². The first-order valence-electron chi connectivity index (χ1n) is 10.3. The molecule has 172 valence electrons. The maximum atomic E-state index is 13.3. The summed E-state index contributed by atoms with van der Waals surface area (Å²) in [5.41, 5.74) is 1.49. The summed E-state index contributed by atoms with van der Waals surface area (Å²) in [4.78, 5) is 42.7. The summed E-state index contributed by atoms with van der Waals surface area (Å²) in [6.07, 6.45) is 1.52. The van der Waals surface area contributed by atoms with E-state index in [0.717, 1.165) is 0 Å². The van der Waals surface area contributed by atoms with Gasteiger partial charge in [0.05, 0.1) is 36.3 Å². The zero-order valence-corrected chi connectivity index (χ0v) is 19.5. The third-order valence-electron chi connectivity index (χ3n) is 5.45. The number of halogens is 1. The quantitative estimate of drug-likeness (QED) is 0.332. The predicted octanol–water partition coefficient (Wildman–Crippen LogP) is 3.70. The van der Waals surface area contributed by atoms with Crippen LogP contribution in [0.2, 0.25) is 5.02 Å². The highest BCUT2D eigenvalue weighted by atomic mass is 35.5. The van der Waals surface area contributed by atoms with Crippen LogP contribution in [0.5, 0.6) is 0 Å². The summed E-state index contributed by atoms with van der Waals surface area (Å²) in [5, 5.41) is 8.52. The predicted molar refractivity (Wildman–Crippen MR) is 129 cm³/mol. The molecule has 1 aliphatic rings. The van der Waals surface area contributed by atoms with Gasteiger partial charge in [0.2, 0.25) is 5.91 Å². The van der Waals surface area contributed by atoms with E-state index in [0.29, 0.717) is 38.3 Å². The molecule has 4 aromatic rings. The largest absolute Gasteiger partial charge is 0.465 e. The molecular formula is C23H18ClN5O4S. The molecule has 2 aromatic heterocycles. The first-order valence-corrected chi connectivity index (χ1v) is 11.7. The number of hydrogen-bond donors (Lipinski definition) is 1. The normalized spacial score (nSPS) is 14.7. The number of hydrogen-bond acceptors (Lipinski definition) is 7. The Labute approximate surface area is 202 Å². The molecule has 1 amide bonds. The van der Waals surface area contributed by atoms with Crippen molar-refractivity contribution in [2.75, 3.05) is 18.2 Å². The van der Waals surface area contributed by atoms with Crippen molar-refractivity contribution in [1.82, 2.24) is 19.3 Å². The number of carbonyl (C=O) groups excluding carboxylic acids is 2. The fourth-order valence-electron chi connectivity index (χ4n) is 3.87. The van der Waals surface area contributed by atoms with E-state index in [2.05, 4.69) is 15.4 Å². The second kappa shape index (κ2) is 8.96. The van der Waals surface area contributed by atoms with Crippen molar-refractivity contribution in [2.24, 2.45) is 0 Å². The van der Waals surface area contributed by atoms with Crippen molar-refractivity contribution in [3.8, 4) is 5.69 Å². The number of benzene rings is 2. The minimum atomic E-state index is -0.544. The van der Waals surface area contributed by atoms with Crippen molar-refractivity contribution in [1.29, 1.82) is 0 Å². The number of amides is 1. The highest BCUT2D eigenvalue weighted by Gasteiger charge is 2.30. The van der Waals surface area contributed by atoms with E-state index in [1.165, 1.54) is 25.1 Å². The average molecular weight is 496 g/mol. The van der Waals surface area contributed by atoms with Gasteiger partial charge in [-0.3, -0.25) is 14.2 Å². The average Bonchev–Trinajstić information content (AvgIpc) is 3.44. The molecule has 0 bridgehead atoms. The number of aromatic nitrogens is 4. The molecule has 9 nitrogen and oxygen atoms in total. The molecule has 2 aromatic carbocycles. The third kappa shape index (κ3) is 3.95. The Hall–Kier alpha value is -3.63. The highest BCUT2D eigenvalue weighted by molar-refractivity contribution is 7.99. The van der Waals surface area contributed by atoms with E-state index >= 15 is 0 Å². The Morgan fingerprint density at radius 1 is 1.24 bits per heavy atom. The van der Waals surface area contributed by atoms with Crippen molar-refractivity contribution in [2.45, 2.75) is 17.6 Å². The number of carbonyl (C=O) groups is 2. The lowest BCUT2D eigenvalue weighted by Crippen LogP contribution is -2.28. The monoisotopic (exact) mass is 495 g/mol. The molecule has 0 saturated carbocycles. The van der Waals surface area contributed by atoms with Crippen LogP contribution in [0.4, 0.5) is 5.69 Å². The summed E-state index contributed by atoms with van der Waals surface area (Å²) < 4.78 is 7.89. The van der Waals surface area contributed by atoms with Crippen LogP contribution in [0.25, 0.3) is 16.7 Å². The van der Waals surface area contributed by atoms with Gasteiger partial charge in [-0.25, -0.2) is 14.5 Å². The van der Waals surface area contributed by atoms with Crippen molar-refractivity contribution in [3.63, 3.8) is 0 Å². The molecule has 0 spiro atoms. The molecule has 1 unspecified atom stereocenters. The van der Waals surface area contributed by atoms with Gasteiger partial charge in [0.15, 0.2) is 10.8 Å².